The molecule has 2 N–H and O–H groups in total. The molecule has 0 bridgehead atoms. The molecule has 2 rings (SSSR count). The molecule has 1 aromatic carbocycles. The van der Waals surface area contributed by atoms with Crippen molar-refractivity contribution in [2.45, 2.75) is 9.79 Å². The molecule has 0 saturated heterocycles. The van der Waals surface area contributed by atoms with Crippen LogP contribution in [0.5, 0.6) is 0 Å². The third-order valence-corrected chi connectivity index (χ3v) is 4.44. The highest BCUT2D eigenvalue weighted by molar-refractivity contribution is 7.97. The van der Waals surface area contributed by atoms with Crippen LogP contribution in [-0.2, 0) is 10.0 Å². The number of rotatable bonds is 2. The van der Waals surface area contributed by atoms with Gasteiger partial charge in [-0.05, 0) is 29.6 Å². The van der Waals surface area contributed by atoms with Gasteiger partial charge in [0, 0.05) is 14.3 Å². The third kappa shape index (κ3) is 2.43. The van der Waals surface area contributed by atoms with Gasteiger partial charge in [-0.15, -0.1) is 0 Å². The summed E-state index contributed by atoms with van der Waals surface area (Å²) in [5, 5.41) is 3.02. The number of hydrogen-bond donors (Lipinski definition) is 2. The second-order valence-corrected chi connectivity index (χ2v) is 5.92. The smallest absolute Gasteiger partial charge is 0.265 e. The Labute approximate surface area is 106 Å². The SMILES string of the molecule is [N-]=[N+]=NS(=O)(=O)c1cc2c(cc1Cl)NCNS2. The van der Waals surface area contributed by atoms with Crippen LogP contribution in [0.1, 0.15) is 0 Å². The predicted molar refractivity (Wildman–Crippen MR) is 65.3 cm³/mol. The molecule has 0 aliphatic carbocycles. The maximum Gasteiger partial charge on any atom is 0.265 e. The van der Waals surface area contributed by atoms with Gasteiger partial charge in [0.25, 0.3) is 10.0 Å². The van der Waals surface area contributed by atoms with Crippen LogP contribution in [0.2, 0.25) is 5.02 Å². The molecule has 0 aromatic heterocycles. The molecule has 17 heavy (non-hydrogen) atoms. The number of halogens is 1. The van der Waals surface area contributed by atoms with Gasteiger partial charge in [-0.1, -0.05) is 11.6 Å². The van der Waals surface area contributed by atoms with Gasteiger partial charge in [0.2, 0.25) is 0 Å². The molecule has 7 nitrogen and oxygen atoms in total. The van der Waals surface area contributed by atoms with Crippen LogP contribution in [-0.4, -0.2) is 15.1 Å². The number of nitrogens with one attached hydrogen (secondary N) is 2. The molecule has 1 aromatic rings. The molecule has 0 amide bonds. The minimum atomic E-state index is -4.07. The van der Waals surface area contributed by atoms with E-state index in [1.807, 2.05) is 0 Å². The third-order valence-electron chi connectivity index (χ3n) is 1.99. The summed E-state index contributed by atoms with van der Waals surface area (Å²) in [5.41, 5.74) is 8.93. The van der Waals surface area contributed by atoms with E-state index in [2.05, 4.69) is 19.5 Å². The highest BCUT2D eigenvalue weighted by Crippen LogP contribution is 2.35. The first-order chi connectivity index (χ1) is 8.04. The standard InChI is InChI=1S/C7H6ClN5O2S2/c8-4-1-5-6(16-11-3-10-5)2-7(4)17(14,15)13-12-9/h1-2,10-11H,3H2. The monoisotopic (exact) mass is 291 g/mol. The van der Waals surface area contributed by atoms with Crippen molar-refractivity contribution in [2.24, 2.45) is 4.52 Å². The van der Waals surface area contributed by atoms with Gasteiger partial charge in [0.05, 0.1) is 22.3 Å². The fourth-order valence-corrected chi connectivity index (χ4v) is 3.30. The predicted octanol–water partition coefficient (Wildman–Crippen LogP) is 2.32. The van der Waals surface area contributed by atoms with E-state index < -0.39 is 10.0 Å². The van der Waals surface area contributed by atoms with Crippen molar-refractivity contribution in [3.05, 3.63) is 27.6 Å². The van der Waals surface area contributed by atoms with Crippen molar-refractivity contribution < 1.29 is 8.42 Å². The summed E-state index contributed by atoms with van der Waals surface area (Å²) >= 11 is 7.12. The summed E-state index contributed by atoms with van der Waals surface area (Å²) in [6.07, 6.45) is 0. The van der Waals surface area contributed by atoms with E-state index in [4.69, 9.17) is 17.1 Å². The number of azide groups is 1. The van der Waals surface area contributed by atoms with Gasteiger partial charge < -0.3 is 5.32 Å². The van der Waals surface area contributed by atoms with Gasteiger partial charge in [0.15, 0.2) is 0 Å². The molecule has 90 valence electrons. The lowest BCUT2D eigenvalue weighted by atomic mass is 10.3. The Morgan fingerprint density at radius 3 is 3.00 bits per heavy atom. The average Bonchev–Trinajstić information content (AvgIpc) is 2.27. The minimum Gasteiger partial charge on any atom is -0.371 e. The van der Waals surface area contributed by atoms with E-state index in [9.17, 15) is 8.42 Å². The number of anilines is 1. The molecule has 0 atom stereocenters. The number of nitrogens with zero attached hydrogens (tertiary/aromatic N) is 3. The summed E-state index contributed by atoms with van der Waals surface area (Å²) < 4.78 is 28.9. The lowest BCUT2D eigenvalue weighted by Crippen LogP contribution is -2.20. The molecule has 1 heterocycles. The number of benzene rings is 1. The molecule has 0 spiro atoms. The van der Waals surface area contributed by atoms with Crippen molar-refractivity contribution in [3.8, 4) is 0 Å². The molecule has 1 aliphatic rings. The first-order valence-corrected chi connectivity index (χ1v) is 6.96. The largest absolute Gasteiger partial charge is 0.371 e. The summed E-state index contributed by atoms with van der Waals surface area (Å²) in [6.45, 7) is 0.552. The average molecular weight is 292 g/mol. The fourth-order valence-electron chi connectivity index (χ4n) is 1.29. The summed E-state index contributed by atoms with van der Waals surface area (Å²) in [6, 6.07) is 2.86. The first-order valence-electron chi connectivity index (χ1n) is 4.33. The highest BCUT2D eigenvalue weighted by atomic mass is 35.5. The summed E-state index contributed by atoms with van der Waals surface area (Å²) in [5.74, 6) is 0. The second-order valence-electron chi connectivity index (χ2n) is 3.02. The van der Waals surface area contributed by atoms with Crippen molar-refractivity contribution in [3.63, 3.8) is 0 Å². The Hall–Kier alpha value is -1.12. The lowest BCUT2D eigenvalue weighted by molar-refractivity contribution is 0.597. The van der Waals surface area contributed by atoms with Gasteiger partial charge in [0.1, 0.15) is 0 Å². The Morgan fingerprint density at radius 2 is 2.29 bits per heavy atom. The van der Waals surface area contributed by atoms with Crippen LogP contribution < -0.4 is 10.0 Å². The maximum absolute atomic E-state index is 11.6. The molecule has 0 fully saturated rings. The minimum absolute atomic E-state index is 0.0196. The quantitative estimate of drug-likeness (QED) is 0.376. The van der Waals surface area contributed by atoms with Crippen LogP contribution in [0.4, 0.5) is 5.69 Å². The van der Waals surface area contributed by atoms with E-state index in [0.29, 0.717) is 11.6 Å². The van der Waals surface area contributed by atoms with Crippen molar-refractivity contribution in [2.75, 3.05) is 12.0 Å². The second kappa shape index (κ2) is 4.63. The van der Waals surface area contributed by atoms with E-state index in [1.54, 1.807) is 0 Å². The summed E-state index contributed by atoms with van der Waals surface area (Å²) in [7, 11) is -4.07. The van der Waals surface area contributed by atoms with Crippen molar-refractivity contribution >= 4 is 39.3 Å². The Balaban J connectivity index is 2.60. The van der Waals surface area contributed by atoms with Crippen molar-refractivity contribution in [1.82, 2.24) is 4.72 Å². The molecule has 1 aliphatic heterocycles. The van der Waals surface area contributed by atoms with Crippen LogP contribution in [0.3, 0.4) is 0 Å². The molecule has 0 saturated carbocycles. The van der Waals surface area contributed by atoms with Crippen LogP contribution in [0.25, 0.3) is 10.4 Å². The lowest BCUT2D eigenvalue weighted by Gasteiger charge is -2.19. The summed E-state index contributed by atoms with van der Waals surface area (Å²) in [4.78, 5) is 2.75. The van der Waals surface area contributed by atoms with Gasteiger partial charge in [-0.25, -0.2) is 13.1 Å². The molecular weight excluding hydrogens is 286 g/mol. The zero-order chi connectivity index (χ0) is 12.5. The molecule has 0 radical (unpaired) electrons. The van der Waals surface area contributed by atoms with E-state index in [-0.39, 0.29) is 9.92 Å². The number of fused-ring (bicyclic) bond motifs is 1. The van der Waals surface area contributed by atoms with Crippen LogP contribution in [0.15, 0.2) is 26.4 Å². The Kier molecular flexibility index (Phi) is 3.36. The van der Waals surface area contributed by atoms with E-state index in [0.717, 1.165) is 5.69 Å². The Bertz CT molecular complexity index is 611. The molecular formula is C7H6ClN5O2S2. The molecule has 10 heteroatoms. The van der Waals surface area contributed by atoms with Gasteiger partial charge in [-0.2, -0.15) is 0 Å². The first kappa shape index (κ1) is 12.3. The maximum atomic E-state index is 11.6. The fraction of sp³-hybridized carbons (Fsp3) is 0.143. The zero-order valence-corrected chi connectivity index (χ0v) is 10.6. The number of sulfonamides is 1. The van der Waals surface area contributed by atoms with Gasteiger partial charge >= 0.3 is 0 Å². The molecule has 0 unspecified atom stereocenters. The Morgan fingerprint density at radius 1 is 1.53 bits per heavy atom. The van der Waals surface area contributed by atoms with Gasteiger partial charge in [-0.3, -0.25) is 0 Å². The van der Waals surface area contributed by atoms with E-state index >= 15 is 0 Å². The van der Waals surface area contributed by atoms with E-state index in [1.165, 1.54) is 24.1 Å². The van der Waals surface area contributed by atoms with Crippen LogP contribution in [0, 0.1) is 0 Å². The van der Waals surface area contributed by atoms with Crippen LogP contribution >= 0.6 is 23.5 Å². The topological polar surface area (TPSA) is 107 Å². The normalized spacial score (nSPS) is 14.4. The highest BCUT2D eigenvalue weighted by Gasteiger charge is 2.20. The number of hydrogen-bond acceptors (Lipinski definition) is 5. The van der Waals surface area contributed by atoms with Crippen molar-refractivity contribution in [1.29, 1.82) is 0 Å². The zero-order valence-electron chi connectivity index (χ0n) is 8.21.